The lowest BCUT2D eigenvalue weighted by Crippen LogP contribution is -2.48. The Balaban J connectivity index is 2.07. The first-order valence-corrected chi connectivity index (χ1v) is 9.33. The van der Waals surface area contributed by atoms with E-state index in [1.165, 1.54) is 0 Å². The van der Waals surface area contributed by atoms with Gasteiger partial charge in [0.05, 0.1) is 13.2 Å². The molecular weight excluding hydrogens is 356 g/mol. The Hall–Kier alpha value is -2.68. The van der Waals surface area contributed by atoms with E-state index in [1.54, 1.807) is 25.6 Å². The third-order valence-electron chi connectivity index (χ3n) is 3.64. The molecule has 26 heavy (non-hydrogen) atoms. The average Bonchev–Trinajstić information content (AvgIpc) is 3.22. The fourth-order valence-electron chi connectivity index (χ4n) is 2.61. The number of aromatic nitrogens is 2. The molecule has 0 bridgehead atoms. The van der Waals surface area contributed by atoms with Crippen LogP contribution in [0.2, 0.25) is 0 Å². The lowest BCUT2D eigenvalue weighted by atomic mass is 10.1. The van der Waals surface area contributed by atoms with Gasteiger partial charge in [-0.1, -0.05) is 42.1 Å². The molecule has 0 spiro atoms. The van der Waals surface area contributed by atoms with E-state index in [2.05, 4.69) is 10.4 Å². The number of anilines is 1. The summed E-state index contributed by atoms with van der Waals surface area (Å²) in [6.45, 7) is 4.44. The van der Waals surface area contributed by atoms with Crippen LogP contribution in [0.4, 0.5) is 15.4 Å². The van der Waals surface area contributed by atoms with Crippen molar-refractivity contribution in [2.24, 2.45) is 0 Å². The Labute approximate surface area is 155 Å². The van der Waals surface area contributed by atoms with Crippen LogP contribution < -0.4 is 10.4 Å². The number of carbonyl (C=O) groups excluding carboxylic acids is 2. The fourth-order valence-corrected chi connectivity index (χ4v) is 3.55. The number of rotatable bonds is 4. The number of hydrogen-bond donors (Lipinski definition) is 1. The monoisotopic (exact) mass is 376 g/mol. The number of ether oxygens (including phenoxy) is 2. The molecular formula is C17H20N4O4S. The molecule has 138 valence electrons. The number of imidazole rings is 1. The number of nitrogens with one attached hydrogen (secondary N) is 1. The zero-order valence-corrected chi connectivity index (χ0v) is 15.4. The van der Waals surface area contributed by atoms with Crippen LogP contribution in [0.5, 0.6) is 0 Å². The molecule has 0 unspecified atom stereocenters. The molecule has 1 aliphatic rings. The van der Waals surface area contributed by atoms with Gasteiger partial charge in [0.1, 0.15) is 5.69 Å². The molecule has 3 rings (SSSR count). The molecule has 9 heteroatoms. The second kappa shape index (κ2) is 8.13. The van der Waals surface area contributed by atoms with Crippen molar-refractivity contribution in [2.75, 3.05) is 24.0 Å². The summed E-state index contributed by atoms with van der Waals surface area (Å²) < 4.78 is 12.0. The van der Waals surface area contributed by atoms with E-state index >= 15 is 0 Å². The summed E-state index contributed by atoms with van der Waals surface area (Å²) in [5.41, 5.74) is 3.91. The molecule has 1 aliphatic heterocycles. The van der Waals surface area contributed by atoms with Gasteiger partial charge in [-0.2, -0.15) is 5.01 Å². The van der Waals surface area contributed by atoms with E-state index in [-0.39, 0.29) is 13.2 Å². The van der Waals surface area contributed by atoms with Crippen molar-refractivity contribution in [3.63, 3.8) is 0 Å². The largest absolute Gasteiger partial charge is 0.449 e. The molecule has 0 radical (unpaired) electrons. The summed E-state index contributed by atoms with van der Waals surface area (Å²) in [5.74, 6) is 1.31. The molecule has 8 nitrogen and oxygen atoms in total. The number of hydrazine groups is 1. The number of hydrogen-bond acceptors (Lipinski definition) is 6. The Morgan fingerprint density at radius 3 is 2.65 bits per heavy atom. The molecule has 1 N–H and O–H groups in total. The maximum Gasteiger partial charge on any atom is 0.435 e. The minimum atomic E-state index is -0.735. The van der Waals surface area contributed by atoms with E-state index in [0.29, 0.717) is 18.1 Å². The number of fused-ring (bicyclic) bond motifs is 1. The fraction of sp³-hybridized carbons (Fsp3) is 0.353. The topological polar surface area (TPSA) is 85.7 Å². The molecule has 2 heterocycles. The van der Waals surface area contributed by atoms with Crippen LogP contribution in [0.3, 0.4) is 0 Å². The van der Waals surface area contributed by atoms with Crippen molar-refractivity contribution in [3.05, 3.63) is 30.3 Å². The Morgan fingerprint density at radius 2 is 1.96 bits per heavy atom. The predicted octanol–water partition coefficient (Wildman–Crippen LogP) is 3.28. The van der Waals surface area contributed by atoms with E-state index in [4.69, 9.17) is 9.47 Å². The highest BCUT2D eigenvalue weighted by Crippen LogP contribution is 2.38. The van der Waals surface area contributed by atoms with Crippen LogP contribution in [0.1, 0.15) is 13.8 Å². The zero-order chi connectivity index (χ0) is 18.5. The highest BCUT2D eigenvalue weighted by Gasteiger charge is 2.32. The first-order chi connectivity index (χ1) is 12.7. The van der Waals surface area contributed by atoms with Crippen molar-refractivity contribution < 1.29 is 19.1 Å². The summed E-state index contributed by atoms with van der Waals surface area (Å²) in [6, 6.07) is 9.50. The molecule has 1 aromatic heterocycles. The smallest absolute Gasteiger partial charge is 0.435 e. The molecule has 0 aliphatic carbocycles. The van der Waals surface area contributed by atoms with E-state index in [9.17, 15) is 9.59 Å². The third kappa shape index (κ3) is 3.62. The summed E-state index contributed by atoms with van der Waals surface area (Å²) >= 11 is 1.60. The quantitative estimate of drug-likeness (QED) is 0.824. The van der Waals surface area contributed by atoms with Gasteiger partial charge in [0.15, 0.2) is 11.0 Å². The maximum atomic E-state index is 12.6. The van der Waals surface area contributed by atoms with Gasteiger partial charge < -0.3 is 14.0 Å². The summed E-state index contributed by atoms with van der Waals surface area (Å²) in [7, 11) is 0. The van der Waals surface area contributed by atoms with Crippen LogP contribution >= 0.6 is 11.8 Å². The molecule has 0 fully saturated rings. The van der Waals surface area contributed by atoms with Crippen molar-refractivity contribution in [2.45, 2.75) is 25.5 Å². The number of amides is 2. The van der Waals surface area contributed by atoms with Gasteiger partial charge in [-0.05, 0) is 13.8 Å². The molecule has 0 saturated heterocycles. The maximum absolute atomic E-state index is 12.6. The van der Waals surface area contributed by atoms with Gasteiger partial charge in [-0.3, -0.25) is 0 Å². The minimum absolute atomic E-state index is 0.177. The molecule has 0 atom stereocenters. The van der Waals surface area contributed by atoms with Crippen LogP contribution in [0, 0.1) is 0 Å². The standard InChI is InChI=1S/C17H20N4O4S/c1-3-24-16(22)19-21(17(23)25-4-2)14-13(12-8-6-5-7-9-12)18-15-20(14)10-11-26-15/h5-9H,3-4,10-11H2,1-2H3,(H,19,22). The molecule has 2 aromatic rings. The van der Waals surface area contributed by atoms with Gasteiger partial charge >= 0.3 is 12.2 Å². The number of carbonyl (C=O) groups is 2. The van der Waals surface area contributed by atoms with Crippen molar-refractivity contribution in [1.29, 1.82) is 0 Å². The highest BCUT2D eigenvalue weighted by molar-refractivity contribution is 7.99. The number of benzene rings is 1. The Morgan fingerprint density at radius 1 is 1.23 bits per heavy atom. The van der Waals surface area contributed by atoms with E-state index in [1.807, 2.05) is 34.9 Å². The van der Waals surface area contributed by atoms with Gasteiger partial charge in [0, 0.05) is 17.9 Å². The average molecular weight is 376 g/mol. The van der Waals surface area contributed by atoms with Gasteiger partial charge in [-0.15, -0.1) is 0 Å². The zero-order valence-electron chi connectivity index (χ0n) is 14.6. The van der Waals surface area contributed by atoms with Gasteiger partial charge in [0.25, 0.3) is 0 Å². The van der Waals surface area contributed by atoms with E-state index in [0.717, 1.165) is 21.5 Å². The Kier molecular flexibility index (Phi) is 5.67. The van der Waals surface area contributed by atoms with Crippen molar-refractivity contribution in [1.82, 2.24) is 15.0 Å². The SMILES string of the molecule is CCOC(=O)NN(C(=O)OCC)c1c(-c2ccccc2)nc2n1CCS2. The predicted molar refractivity (Wildman–Crippen MR) is 98.0 cm³/mol. The number of thioether (sulfide) groups is 1. The summed E-state index contributed by atoms with van der Waals surface area (Å²) in [5, 5.41) is 1.87. The van der Waals surface area contributed by atoms with Crippen LogP contribution in [-0.4, -0.2) is 40.7 Å². The summed E-state index contributed by atoms with van der Waals surface area (Å²) in [6.07, 6.45) is -1.43. The van der Waals surface area contributed by atoms with Crippen molar-refractivity contribution >= 4 is 29.8 Å². The van der Waals surface area contributed by atoms with Crippen molar-refractivity contribution in [3.8, 4) is 11.3 Å². The molecule has 2 amide bonds. The normalized spacial score (nSPS) is 12.4. The minimum Gasteiger partial charge on any atom is -0.449 e. The second-order valence-electron chi connectivity index (χ2n) is 5.30. The van der Waals surface area contributed by atoms with Crippen LogP contribution in [0.15, 0.2) is 35.5 Å². The van der Waals surface area contributed by atoms with Gasteiger partial charge in [-0.25, -0.2) is 20.0 Å². The molecule has 1 aromatic carbocycles. The van der Waals surface area contributed by atoms with E-state index < -0.39 is 12.2 Å². The summed E-state index contributed by atoms with van der Waals surface area (Å²) in [4.78, 5) is 29.2. The first-order valence-electron chi connectivity index (χ1n) is 8.34. The molecule has 0 saturated carbocycles. The lowest BCUT2D eigenvalue weighted by Gasteiger charge is -2.23. The van der Waals surface area contributed by atoms with Gasteiger partial charge in [0.2, 0.25) is 0 Å². The number of nitrogens with zero attached hydrogens (tertiary/aromatic N) is 3. The Bertz CT molecular complexity index is 794. The third-order valence-corrected chi connectivity index (χ3v) is 4.60. The first kappa shape index (κ1) is 18.1. The van der Waals surface area contributed by atoms with Crippen LogP contribution in [0.25, 0.3) is 11.3 Å². The van der Waals surface area contributed by atoms with Crippen LogP contribution in [-0.2, 0) is 16.0 Å². The lowest BCUT2D eigenvalue weighted by molar-refractivity contribution is 0.138. The highest BCUT2D eigenvalue weighted by atomic mass is 32.2. The second-order valence-corrected chi connectivity index (χ2v) is 6.36.